The molecule has 4 rings (SSSR count). The van der Waals surface area contributed by atoms with Gasteiger partial charge in [-0.3, -0.25) is 0 Å². The molecule has 6 heteroatoms. The number of esters is 1. The van der Waals surface area contributed by atoms with Crippen molar-refractivity contribution in [3.05, 3.63) is 0 Å². The van der Waals surface area contributed by atoms with Crippen molar-refractivity contribution in [2.45, 2.75) is 30.6 Å². The SMILES string of the molecule is COC(=O)[C@]12N=NC[C@H]1[C@@H]1CC[C@H]2OO1. The van der Waals surface area contributed by atoms with Gasteiger partial charge >= 0.3 is 5.97 Å². The van der Waals surface area contributed by atoms with Gasteiger partial charge in [-0.25, -0.2) is 14.6 Å². The number of hydrogen-bond donors (Lipinski definition) is 0. The summed E-state index contributed by atoms with van der Waals surface area (Å²) in [4.78, 5) is 22.2. The van der Waals surface area contributed by atoms with Crippen LogP contribution in [0.15, 0.2) is 10.2 Å². The smallest absolute Gasteiger partial charge is 0.339 e. The van der Waals surface area contributed by atoms with E-state index in [9.17, 15) is 4.79 Å². The van der Waals surface area contributed by atoms with Crippen molar-refractivity contribution < 1.29 is 19.3 Å². The van der Waals surface area contributed by atoms with E-state index in [4.69, 9.17) is 14.5 Å². The van der Waals surface area contributed by atoms with Crippen LogP contribution in [0.4, 0.5) is 0 Å². The molecule has 0 amide bonds. The highest BCUT2D eigenvalue weighted by Crippen LogP contribution is 2.48. The predicted octanol–water partition coefficient (Wildman–Crippen LogP) is 0.473. The van der Waals surface area contributed by atoms with E-state index in [0.29, 0.717) is 6.54 Å². The zero-order chi connectivity index (χ0) is 10.5. The molecule has 2 bridgehead atoms. The minimum absolute atomic E-state index is 0.0163. The van der Waals surface area contributed by atoms with Crippen LogP contribution in [-0.4, -0.2) is 37.4 Å². The van der Waals surface area contributed by atoms with Crippen LogP contribution in [0.2, 0.25) is 0 Å². The summed E-state index contributed by atoms with van der Waals surface area (Å²) >= 11 is 0. The second-order valence-electron chi connectivity index (χ2n) is 4.14. The normalized spacial score (nSPS) is 46.6. The van der Waals surface area contributed by atoms with Crippen LogP contribution in [0.3, 0.4) is 0 Å². The van der Waals surface area contributed by atoms with E-state index >= 15 is 0 Å². The molecule has 3 heterocycles. The number of azo groups is 1. The van der Waals surface area contributed by atoms with Gasteiger partial charge in [0.15, 0.2) is 0 Å². The van der Waals surface area contributed by atoms with Crippen LogP contribution in [0, 0.1) is 5.92 Å². The Labute approximate surface area is 86.5 Å². The Morgan fingerprint density at radius 3 is 3.00 bits per heavy atom. The molecule has 4 aliphatic rings. The summed E-state index contributed by atoms with van der Waals surface area (Å²) in [5.74, 6) is -0.371. The number of methoxy groups -OCH3 is 1. The summed E-state index contributed by atoms with van der Waals surface area (Å²) in [5.41, 5.74) is -0.935. The average molecular weight is 212 g/mol. The van der Waals surface area contributed by atoms with Crippen molar-refractivity contribution in [1.82, 2.24) is 0 Å². The van der Waals surface area contributed by atoms with Crippen LogP contribution in [0.5, 0.6) is 0 Å². The monoisotopic (exact) mass is 212 g/mol. The lowest BCUT2D eigenvalue weighted by molar-refractivity contribution is -0.420. The molecule has 3 fully saturated rings. The third-order valence-electron chi connectivity index (χ3n) is 3.54. The summed E-state index contributed by atoms with van der Waals surface area (Å²) in [5, 5.41) is 8.06. The zero-order valence-corrected chi connectivity index (χ0v) is 8.38. The van der Waals surface area contributed by atoms with Crippen molar-refractivity contribution in [1.29, 1.82) is 0 Å². The molecule has 6 nitrogen and oxygen atoms in total. The number of hydrogen-bond acceptors (Lipinski definition) is 6. The van der Waals surface area contributed by atoms with Crippen LogP contribution < -0.4 is 0 Å². The Balaban J connectivity index is 2.03. The fourth-order valence-electron chi connectivity index (χ4n) is 2.76. The van der Waals surface area contributed by atoms with E-state index in [1.807, 2.05) is 0 Å². The third-order valence-corrected chi connectivity index (χ3v) is 3.54. The zero-order valence-electron chi connectivity index (χ0n) is 8.38. The molecule has 15 heavy (non-hydrogen) atoms. The molecule has 0 spiro atoms. The van der Waals surface area contributed by atoms with Gasteiger partial charge in [0.05, 0.1) is 19.6 Å². The van der Waals surface area contributed by atoms with Crippen molar-refractivity contribution >= 4 is 5.97 Å². The van der Waals surface area contributed by atoms with E-state index in [1.165, 1.54) is 7.11 Å². The molecule has 0 aromatic heterocycles. The van der Waals surface area contributed by atoms with Crippen molar-refractivity contribution in [3.8, 4) is 0 Å². The molecule has 0 unspecified atom stereocenters. The lowest BCUT2D eigenvalue weighted by Crippen LogP contribution is -2.64. The Morgan fingerprint density at radius 1 is 1.47 bits per heavy atom. The average Bonchev–Trinajstić information content (AvgIpc) is 2.77. The minimum atomic E-state index is -0.935. The highest BCUT2D eigenvalue weighted by molar-refractivity contribution is 5.83. The number of rotatable bonds is 1. The molecule has 1 aliphatic carbocycles. The summed E-state index contributed by atoms with van der Waals surface area (Å²) in [6.45, 7) is 0.527. The molecular weight excluding hydrogens is 200 g/mol. The first-order valence-electron chi connectivity index (χ1n) is 5.08. The summed E-state index contributed by atoms with van der Waals surface area (Å²) < 4.78 is 4.82. The topological polar surface area (TPSA) is 69.5 Å². The second-order valence-corrected chi connectivity index (χ2v) is 4.14. The van der Waals surface area contributed by atoms with E-state index in [-0.39, 0.29) is 24.1 Å². The minimum Gasteiger partial charge on any atom is -0.467 e. The highest BCUT2D eigenvalue weighted by atomic mass is 17.2. The summed E-state index contributed by atoms with van der Waals surface area (Å²) in [6.07, 6.45) is 1.25. The van der Waals surface area contributed by atoms with Crippen LogP contribution in [0.1, 0.15) is 12.8 Å². The van der Waals surface area contributed by atoms with Crippen molar-refractivity contribution in [2.75, 3.05) is 13.7 Å². The summed E-state index contributed by atoms with van der Waals surface area (Å²) in [6, 6.07) is 0. The Hall–Kier alpha value is -1.01. The number of fused-ring (bicyclic) bond motifs is 2. The molecular formula is C9H12N2O4. The maximum absolute atomic E-state index is 11.8. The fourth-order valence-corrected chi connectivity index (χ4v) is 2.76. The van der Waals surface area contributed by atoms with Crippen molar-refractivity contribution in [3.63, 3.8) is 0 Å². The predicted molar refractivity (Wildman–Crippen MR) is 46.9 cm³/mol. The van der Waals surface area contributed by atoms with Gasteiger partial charge < -0.3 is 4.74 Å². The Kier molecular flexibility index (Phi) is 1.84. The van der Waals surface area contributed by atoms with Gasteiger partial charge in [-0.15, -0.1) is 0 Å². The second kappa shape index (κ2) is 2.99. The molecule has 0 radical (unpaired) electrons. The lowest BCUT2D eigenvalue weighted by Gasteiger charge is -2.47. The van der Waals surface area contributed by atoms with Gasteiger partial charge in [0.25, 0.3) is 0 Å². The molecule has 2 saturated heterocycles. The quantitative estimate of drug-likeness (QED) is 0.468. The van der Waals surface area contributed by atoms with Crippen LogP contribution >= 0.6 is 0 Å². The largest absolute Gasteiger partial charge is 0.467 e. The van der Waals surface area contributed by atoms with Gasteiger partial charge in [-0.1, -0.05) is 0 Å². The molecule has 82 valence electrons. The molecule has 4 atom stereocenters. The van der Waals surface area contributed by atoms with Gasteiger partial charge in [-0.05, 0) is 12.8 Å². The maximum atomic E-state index is 11.8. The fraction of sp³-hybridized carbons (Fsp3) is 0.889. The number of ether oxygens (including phenoxy) is 1. The molecule has 0 aromatic carbocycles. The third kappa shape index (κ3) is 0.981. The van der Waals surface area contributed by atoms with E-state index in [2.05, 4.69) is 10.2 Å². The van der Waals surface area contributed by atoms with Gasteiger partial charge in [0.2, 0.25) is 5.54 Å². The van der Waals surface area contributed by atoms with Crippen LogP contribution in [0.25, 0.3) is 0 Å². The first-order chi connectivity index (χ1) is 7.29. The van der Waals surface area contributed by atoms with E-state index in [1.54, 1.807) is 0 Å². The first kappa shape index (κ1) is 9.23. The number of carbonyl (C=O) groups is 1. The Bertz CT molecular complexity index is 324. The lowest BCUT2D eigenvalue weighted by atomic mass is 9.69. The summed E-state index contributed by atoms with van der Waals surface area (Å²) in [7, 11) is 1.37. The van der Waals surface area contributed by atoms with Gasteiger partial charge in [0, 0.05) is 0 Å². The molecule has 0 N–H and O–H groups in total. The van der Waals surface area contributed by atoms with Crippen LogP contribution in [-0.2, 0) is 19.3 Å². The standard InChI is InChI=1S/C9H12N2O4/c1-13-8(12)9-5(4-10-11-9)6-2-3-7(9)15-14-6/h5-7H,2-4H2,1H3/t5-,6-,7+,9-/m0/s1. The van der Waals surface area contributed by atoms with E-state index in [0.717, 1.165) is 12.8 Å². The number of nitrogens with zero attached hydrogens (tertiary/aromatic N) is 2. The number of carbonyl (C=O) groups excluding carboxylic acids is 1. The van der Waals surface area contributed by atoms with Gasteiger partial charge in [-0.2, -0.15) is 10.2 Å². The first-order valence-corrected chi connectivity index (χ1v) is 5.08. The maximum Gasteiger partial charge on any atom is 0.339 e. The van der Waals surface area contributed by atoms with Gasteiger partial charge in [0.1, 0.15) is 12.2 Å². The highest BCUT2D eigenvalue weighted by Gasteiger charge is 2.65. The molecule has 1 saturated carbocycles. The van der Waals surface area contributed by atoms with E-state index < -0.39 is 5.54 Å². The molecule has 3 aliphatic heterocycles. The molecule has 0 aromatic rings. The van der Waals surface area contributed by atoms with Crippen molar-refractivity contribution in [2.24, 2.45) is 16.1 Å². The Morgan fingerprint density at radius 2 is 2.33 bits per heavy atom.